The van der Waals surface area contributed by atoms with Crippen molar-refractivity contribution in [2.75, 3.05) is 6.61 Å². The molecule has 5 heteroatoms. The van der Waals surface area contributed by atoms with E-state index in [1.54, 1.807) is 18.2 Å². The van der Waals surface area contributed by atoms with Gasteiger partial charge >= 0.3 is 0 Å². The lowest BCUT2D eigenvalue weighted by Crippen LogP contribution is -2.29. The van der Waals surface area contributed by atoms with Crippen molar-refractivity contribution in [1.29, 1.82) is 0 Å². The summed E-state index contributed by atoms with van der Waals surface area (Å²) in [4.78, 5) is 12.3. The largest absolute Gasteiger partial charge is 0.491 e. The van der Waals surface area contributed by atoms with Crippen LogP contribution in [-0.4, -0.2) is 12.5 Å². The first-order valence-electron chi connectivity index (χ1n) is 6.13. The number of carbonyl (C=O) groups is 1. The molecule has 1 aliphatic rings. The van der Waals surface area contributed by atoms with E-state index in [9.17, 15) is 4.79 Å². The monoisotopic (exact) mass is 351 g/mol. The van der Waals surface area contributed by atoms with Crippen LogP contribution in [0, 0.1) is 0 Å². The standard InChI is InChI=1S/C15H11BrClNO2/c16-9-5-6-12(17)11(7-9)15(19)18-13-8-20-14-4-2-1-3-10(13)14/h1-7,13H,8H2,(H,18,19). The number of halogens is 2. The minimum atomic E-state index is -0.207. The lowest BCUT2D eigenvalue weighted by atomic mass is 10.1. The third-order valence-corrected chi connectivity index (χ3v) is 4.00. The maximum Gasteiger partial charge on any atom is 0.253 e. The number of ether oxygens (including phenoxy) is 1. The normalized spacial score (nSPS) is 16.4. The van der Waals surface area contributed by atoms with E-state index in [1.165, 1.54) is 0 Å². The van der Waals surface area contributed by atoms with Gasteiger partial charge in [0.05, 0.1) is 16.6 Å². The molecule has 3 rings (SSSR count). The lowest BCUT2D eigenvalue weighted by Gasteiger charge is -2.12. The van der Waals surface area contributed by atoms with Crippen LogP contribution in [-0.2, 0) is 0 Å². The smallest absolute Gasteiger partial charge is 0.253 e. The molecule has 3 nitrogen and oxygen atoms in total. The van der Waals surface area contributed by atoms with Gasteiger partial charge in [-0.05, 0) is 24.3 Å². The van der Waals surface area contributed by atoms with Crippen molar-refractivity contribution in [2.24, 2.45) is 0 Å². The SMILES string of the molecule is O=C(NC1COc2ccccc21)c1cc(Br)ccc1Cl. The van der Waals surface area contributed by atoms with Crippen LogP contribution >= 0.6 is 27.5 Å². The molecule has 1 aliphatic heterocycles. The van der Waals surface area contributed by atoms with Crippen LogP contribution in [0.2, 0.25) is 5.02 Å². The maximum atomic E-state index is 12.3. The van der Waals surface area contributed by atoms with Crippen molar-refractivity contribution in [3.63, 3.8) is 0 Å². The topological polar surface area (TPSA) is 38.3 Å². The Bertz CT molecular complexity index is 675. The fourth-order valence-corrected chi connectivity index (χ4v) is 2.75. The number of amides is 1. The summed E-state index contributed by atoms with van der Waals surface area (Å²) in [6, 6.07) is 12.7. The molecule has 102 valence electrons. The summed E-state index contributed by atoms with van der Waals surface area (Å²) in [5.74, 6) is 0.611. The number of nitrogens with one attached hydrogen (secondary N) is 1. The van der Waals surface area contributed by atoms with E-state index in [2.05, 4.69) is 21.2 Å². The second-order valence-corrected chi connectivity index (χ2v) is 5.82. The number of benzene rings is 2. The zero-order chi connectivity index (χ0) is 14.1. The van der Waals surface area contributed by atoms with Crippen LogP contribution in [0.1, 0.15) is 22.0 Å². The highest BCUT2D eigenvalue weighted by atomic mass is 79.9. The molecule has 1 N–H and O–H groups in total. The molecule has 0 radical (unpaired) electrons. The van der Waals surface area contributed by atoms with Crippen LogP contribution in [0.3, 0.4) is 0 Å². The molecular weight excluding hydrogens is 342 g/mol. The summed E-state index contributed by atoms with van der Waals surface area (Å²) in [6.45, 7) is 0.441. The van der Waals surface area contributed by atoms with Gasteiger partial charge in [0.2, 0.25) is 0 Å². The number of carbonyl (C=O) groups excluding carboxylic acids is 1. The van der Waals surface area contributed by atoms with Gasteiger partial charge in [0.15, 0.2) is 0 Å². The van der Waals surface area contributed by atoms with Gasteiger partial charge in [-0.2, -0.15) is 0 Å². The van der Waals surface area contributed by atoms with Gasteiger partial charge in [0, 0.05) is 10.0 Å². The minimum absolute atomic E-state index is 0.145. The molecule has 1 heterocycles. The van der Waals surface area contributed by atoms with E-state index in [0.717, 1.165) is 15.8 Å². The van der Waals surface area contributed by atoms with Gasteiger partial charge in [0.1, 0.15) is 12.4 Å². The summed E-state index contributed by atoms with van der Waals surface area (Å²) < 4.78 is 6.36. The van der Waals surface area contributed by atoms with Gasteiger partial charge in [-0.25, -0.2) is 0 Å². The molecule has 0 aromatic heterocycles. The average Bonchev–Trinajstić information content (AvgIpc) is 2.85. The van der Waals surface area contributed by atoms with Gasteiger partial charge in [-0.1, -0.05) is 45.7 Å². The number of para-hydroxylation sites is 1. The average molecular weight is 353 g/mol. The molecule has 1 unspecified atom stereocenters. The number of hydrogen-bond acceptors (Lipinski definition) is 2. The summed E-state index contributed by atoms with van der Waals surface area (Å²) in [6.07, 6.45) is 0. The highest BCUT2D eigenvalue weighted by Gasteiger charge is 2.26. The third-order valence-electron chi connectivity index (χ3n) is 3.18. The Labute approximate surface area is 130 Å². The Kier molecular flexibility index (Phi) is 3.68. The molecule has 0 bridgehead atoms. The van der Waals surface area contributed by atoms with E-state index < -0.39 is 0 Å². The molecule has 0 aliphatic carbocycles. The number of rotatable bonds is 2. The van der Waals surface area contributed by atoms with Crippen LogP contribution < -0.4 is 10.1 Å². The van der Waals surface area contributed by atoms with Crippen LogP contribution in [0.5, 0.6) is 5.75 Å². The third kappa shape index (κ3) is 2.53. The molecule has 0 saturated carbocycles. The lowest BCUT2D eigenvalue weighted by molar-refractivity contribution is 0.0930. The zero-order valence-corrected chi connectivity index (χ0v) is 12.7. The van der Waals surface area contributed by atoms with E-state index in [-0.39, 0.29) is 11.9 Å². The fraction of sp³-hybridized carbons (Fsp3) is 0.133. The first-order chi connectivity index (χ1) is 9.65. The molecule has 2 aromatic rings. The van der Waals surface area contributed by atoms with Gasteiger partial charge in [0.25, 0.3) is 5.91 Å². The van der Waals surface area contributed by atoms with Gasteiger partial charge in [-0.15, -0.1) is 0 Å². The number of hydrogen-bond donors (Lipinski definition) is 1. The molecule has 2 aromatic carbocycles. The highest BCUT2D eigenvalue weighted by Crippen LogP contribution is 2.32. The Morgan fingerprint density at radius 1 is 1.30 bits per heavy atom. The Morgan fingerprint density at radius 2 is 2.10 bits per heavy atom. The molecule has 0 saturated heterocycles. The second-order valence-electron chi connectivity index (χ2n) is 4.50. The Morgan fingerprint density at radius 3 is 2.95 bits per heavy atom. The van der Waals surface area contributed by atoms with Crippen molar-refractivity contribution in [2.45, 2.75) is 6.04 Å². The summed E-state index contributed by atoms with van der Waals surface area (Å²) in [5.41, 5.74) is 1.44. The summed E-state index contributed by atoms with van der Waals surface area (Å²) in [7, 11) is 0. The molecular formula is C15H11BrClNO2. The molecule has 1 amide bonds. The first kappa shape index (κ1) is 13.5. The Hall–Kier alpha value is -1.52. The predicted molar refractivity (Wildman–Crippen MR) is 81.3 cm³/mol. The highest BCUT2D eigenvalue weighted by molar-refractivity contribution is 9.10. The molecule has 0 spiro atoms. The molecule has 1 atom stereocenters. The van der Waals surface area contributed by atoms with Gasteiger partial charge < -0.3 is 10.1 Å². The first-order valence-corrected chi connectivity index (χ1v) is 7.30. The van der Waals surface area contributed by atoms with E-state index >= 15 is 0 Å². The fourth-order valence-electron chi connectivity index (χ4n) is 2.19. The van der Waals surface area contributed by atoms with Crippen LogP contribution in [0.4, 0.5) is 0 Å². The van der Waals surface area contributed by atoms with Gasteiger partial charge in [-0.3, -0.25) is 4.79 Å². The van der Waals surface area contributed by atoms with Crippen LogP contribution in [0.25, 0.3) is 0 Å². The second kappa shape index (κ2) is 5.46. The van der Waals surface area contributed by atoms with E-state index in [4.69, 9.17) is 16.3 Å². The summed E-state index contributed by atoms with van der Waals surface area (Å²) in [5, 5.41) is 3.38. The predicted octanol–water partition coefficient (Wildman–Crippen LogP) is 3.97. The zero-order valence-electron chi connectivity index (χ0n) is 10.4. The van der Waals surface area contributed by atoms with Crippen molar-refractivity contribution in [3.8, 4) is 5.75 Å². The van der Waals surface area contributed by atoms with E-state index in [0.29, 0.717) is 17.2 Å². The summed E-state index contributed by atoms with van der Waals surface area (Å²) >= 11 is 9.40. The van der Waals surface area contributed by atoms with E-state index in [1.807, 2.05) is 24.3 Å². The quantitative estimate of drug-likeness (QED) is 0.888. The Balaban J connectivity index is 1.82. The van der Waals surface area contributed by atoms with Crippen molar-refractivity contribution >= 4 is 33.4 Å². The molecule has 20 heavy (non-hydrogen) atoms. The molecule has 0 fully saturated rings. The minimum Gasteiger partial charge on any atom is -0.491 e. The van der Waals surface area contributed by atoms with Crippen LogP contribution in [0.15, 0.2) is 46.9 Å². The maximum absolute atomic E-state index is 12.3. The van der Waals surface area contributed by atoms with Crippen molar-refractivity contribution < 1.29 is 9.53 Å². The van der Waals surface area contributed by atoms with Crippen molar-refractivity contribution in [3.05, 3.63) is 63.1 Å². The van der Waals surface area contributed by atoms with Crippen molar-refractivity contribution in [1.82, 2.24) is 5.32 Å². The number of fused-ring (bicyclic) bond motifs is 1.